The first-order chi connectivity index (χ1) is 10.3. The third-order valence-corrected chi connectivity index (χ3v) is 4.02. The molecule has 2 rings (SSSR count). The van der Waals surface area contributed by atoms with E-state index in [1.54, 1.807) is 11.3 Å². The maximum Gasteiger partial charge on any atom is 0.191 e. The molecule has 21 heavy (non-hydrogen) atoms. The maximum atomic E-state index is 4.62. The van der Waals surface area contributed by atoms with Gasteiger partial charge in [-0.3, -0.25) is 0 Å². The monoisotopic (exact) mass is 301 g/mol. The normalized spacial score (nSPS) is 13.0. The summed E-state index contributed by atoms with van der Waals surface area (Å²) in [4.78, 5) is 4.62. The highest BCUT2D eigenvalue weighted by atomic mass is 32.1. The lowest BCUT2D eigenvalue weighted by atomic mass is 10.0. The number of thiophene rings is 1. The molecule has 0 amide bonds. The summed E-state index contributed by atoms with van der Waals surface area (Å²) >= 11 is 1.71. The van der Waals surface area contributed by atoms with Crippen LogP contribution in [-0.4, -0.2) is 19.0 Å². The van der Waals surface area contributed by atoms with E-state index in [9.17, 15) is 0 Å². The van der Waals surface area contributed by atoms with Crippen molar-refractivity contribution in [3.8, 4) is 0 Å². The summed E-state index contributed by atoms with van der Waals surface area (Å²) in [6.45, 7) is 6.78. The quantitative estimate of drug-likeness (QED) is 0.632. The third-order valence-electron chi connectivity index (χ3n) is 3.29. The van der Waals surface area contributed by atoms with Crippen molar-refractivity contribution >= 4 is 17.3 Å². The molecule has 3 nitrogen and oxygen atoms in total. The first-order valence-corrected chi connectivity index (χ1v) is 8.32. The van der Waals surface area contributed by atoms with Crippen molar-refractivity contribution in [2.75, 3.05) is 13.1 Å². The van der Waals surface area contributed by atoms with Crippen molar-refractivity contribution in [1.82, 2.24) is 10.6 Å². The van der Waals surface area contributed by atoms with Crippen LogP contribution in [0.4, 0.5) is 0 Å². The molecule has 0 saturated carbocycles. The maximum absolute atomic E-state index is 4.62. The lowest BCUT2D eigenvalue weighted by molar-refractivity contribution is 0.700. The minimum atomic E-state index is 0.455. The molecule has 2 N–H and O–H groups in total. The lowest BCUT2D eigenvalue weighted by Crippen LogP contribution is -2.39. The third kappa shape index (κ3) is 5.23. The molecule has 0 aliphatic carbocycles. The molecule has 4 heteroatoms. The van der Waals surface area contributed by atoms with Crippen LogP contribution >= 0.6 is 11.3 Å². The van der Waals surface area contributed by atoms with Gasteiger partial charge < -0.3 is 10.6 Å². The molecular weight excluding hydrogens is 278 g/mol. The summed E-state index contributed by atoms with van der Waals surface area (Å²) in [7, 11) is 0. The van der Waals surface area contributed by atoms with Crippen LogP contribution in [-0.2, 0) is 6.54 Å². The van der Waals surface area contributed by atoms with Gasteiger partial charge in [-0.25, -0.2) is 4.99 Å². The Kier molecular flexibility index (Phi) is 6.28. The zero-order valence-corrected chi connectivity index (χ0v) is 13.5. The molecule has 2 aromatic rings. The van der Waals surface area contributed by atoms with Crippen LogP contribution in [0.3, 0.4) is 0 Å². The van der Waals surface area contributed by atoms with Gasteiger partial charge in [0.1, 0.15) is 0 Å². The van der Waals surface area contributed by atoms with E-state index in [4.69, 9.17) is 0 Å². The number of guanidine groups is 1. The number of rotatable bonds is 6. The van der Waals surface area contributed by atoms with Gasteiger partial charge in [-0.05, 0) is 40.8 Å². The second kappa shape index (κ2) is 8.47. The van der Waals surface area contributed by atoms with Gasteiger partial charge in [0.15, 0.2) is 5.96 Å². The molecule has 1 heterocycles. The number of nitrogens with zero attached hydrogens (tertiary/aromatic N) is 1. The zero-order chi connectivity index (χ0) is 14.9. The predicted molar refractivity (Wildman–Crippen MR) is 92.0 cm³/mol. The topological polar surface area (TPSA) is 36.4 Å². The molecule has 0 spiro atoms. The lowest BCUT2D eigenvalue weighted by Gasteiger charge is -2.16. The number of hydrogen-bond donors (Lipinski definition) is 2. The van der Waals surface area contributed by atoms with Gasteiger partial charge in [0, 0.05) is 13.1 Å². The first-order valence-electron chi connectivity index (χ1n) is 7.37. The van der Waals surface area contributed by atoms with Gasteiger partial charge in [0.2, 0.25) is 0 Å². The SMILES string of the molecule is CCNC(=NCc1ccsc1)NCC(C)c1ccccc1. The Hall–Kier alpha value is -1.81. The van der Waals surface area contributed by atoms with Crippen LogP contribution in [0.25, 0.3) is 0 Å². The molecule has 1 unspecified atom stereocenters. The fourth-order valence-electron chi connectivity index (χ4n) is 2.04. The van der Waals surface area contributed by atoms with Crippen molar-refractivity contribution in [2.24, 2.45) is 4.99 Å². The molecule has 0 aliphatic heterocycles. The number of nitrogens with one attached hydrogen (secondary N) is 2. The summed E-state index contributed by atoms with van der Waals surface area (Å²) in [5.74, 6) is 1.34. The van der Waals surface area contributed by atoms with Crippen molar-refractivity contribution in [3.63, 3.8) is 0 Å². The van der Waals surface area contributed by atoms with Crippen molar-refractivity contribution in [2.45, 2.75) is 26.3 Å². The molecule has 0 saturated heterocycles. The van der Waals surface area contributed by atoms with Gasteiger partial charge in [-0.15, -0.1) is 0 Å². The van der Waals surface area contributed by atoms with Crippen molar-refractivity contribution < 1.29 is 0 Å². The highest BCUT2D eigenvalue weighted by molar-refractivity contribution is 7.07. The average molecular weight is 301 g/mol. The van der Waals surface area contributed by atoms with E-state index < -0.39 is 0 Å². The fourth-order valence-corrected chi connectivity index (χ4v) is 2.70. The van der Waals surface area contributed by atoms with E-state index in [0.29, 0.717) is 5.92 Å². The summed E-state index contributed by atoms with van der Waals surface area (Å²) in [5.41, 5.74) is 2.60. The van der Waals surface area contributed by atoms with Gasteiger partial charge in [0.05, 0.1) is 6.54 Å². The molecule has 1 aromatic heterocycles. The summed E-state index contributed by atoms with van der Waals surface area (Å²) < 4.78 is 0. The Balaban J connectivity index is 1.89. The molecule has 0 fully saturated rings. The van der Waals surface area contributed by atoms with Gasteiger partial charge in [-0.1, -0.05) is 37.3 Å². The Morgan fingerprint density at radius 3 is 2.67 bits per heavy atom. The second-order valence-electron chi connectivity index (χ2n) is 5.02. The van der Waals surface area contributed by atoms with Crippen LogP contribution in [0.1, 0.15) is 30.9 Å². The van der Waals surface area contributed by atoms with Crippen molar-refractivity contribution in [1.29, 1.82) is 0 Å². The van der Waals surface area contributed by atoms with Crippen LogP contribution in [0.15, 0.2) is 52.2 Å². The summed E-state index contributed by atoms with van der Waals surface area (Å²) in [5, 5.41) is 10.9. The van der Waals surface area contributed by atoms with Crippen LogP contribution in [0, 0.1) is 0 Å². The summed E-state index contributed by atoms with van der Waals surface area (Å²) in [6.07, 6.45) is 0. The smallest absolute Gasteiger partial charge is 0.191 e. The second-order valence-corrected chi connectivity index (χ2v) is 5.80. The van der Waals surface area contributed by atoms with E-state index >= 15 is 0 Å². The van der Waals surface area contributed by atoms with Gasteiger partial charge in [-0.2, -0.15) is 11.3 Å². The molecule has 112 valence electrons. The number of aliphatic imine (C=N–C) groups is 1. The number of benzene rings is 1. The average Bonchev–Trinajstić information content (AvgIpc) is 3.04. The Morgan fingerprint density at radius 1 is 1.19 bits per heavy atom. The van der Waals surface area contributed by atoms with E-state index in [2.05, 4.69) is 76.6 Å². The van der Waals surface area contributed by atoms with E-state index in [1.807, 2.05) is 0 Å². The van der Waals surface area contributed by atoms with E-state index in [0.717, 1.165) is 25.6 Å². The van der Waals surface area contributed by atoms with E-state index in [1.165, 1.54) is 11.1 Å². The number of hydrogen-bond acceptors (Lipinski definition) is 2. The first kappa shape index (κ1) is 15.6. The van der Waals surface area contributed by atoms with Crippen molar-refractivity contribution in [3.05, 3.63) is 58.3 Å². The summed E-state index contributed by atoms with van der Waals surface area (Å²) in [6, 6.07) is 12.7. The van der Waals surface area contributed by atoms with Crippen LogP contribution in [0.5, 0.6) is 0 Å². The minimum absolute atomic E-state index is 0.455. The van der Waals surface area contributed by atoms with E-state index in [-0.39, 0.29) is 0 Å². The predicted octanol–water partition coefficient (Wildman–Crippen LogP) is 3.61. The van der Waals surface area contributed by atoms with Gasteiger partial charge >= 0.3 is 0 Å². The minimum Gasteiger partial charge on any atom is -0.357 e. The molecule has 0 aliphatic rings. The Morgan fingerprint density at radius 2 is 2.00 bits per heavy atom. The fraction of sp³-hybridized carbons (Fsp3) is 0.353. The highest BCUT2D eigenvalue weighted by Crippen LogP contribution is 2.13. The largest absolute Gasteiger partial charge is 0.357 e. The molecular formula is C17H23N3S. The highest BCUT2D eigenvalue weighted by Gasteiger charge is 2.06. The molecule has 0 radical (unpaired) electrons. The van der Waals surface area contributed by atoms with Crippen LogP contribution in [0.2, 0.25) is 0 Å². The Bertz CT molecular complexity index is 534. The molecule has 1 aromatic carbocycles. The molecule has 0 bridgehead atoms. The van der Waals surface area contributed by atoms with Crippen LogP contribution < -0.4 is 10.6 Å². The molecule has 1 atom stereocenters. The Labute approximate surface area is 131 Å². The standard InChI is InChI=1S/C17H23N3S/c1-3-18-17(20-12-15-9-10-21-13-15)19-11-14(2)16-7-5-4-6-8-16/h4-10,13-14H,3,11-12H2,1-2H3,(H2,18,19,20). The van der Waals surface area contributed by atoms with Gasteiger partial charge in [0.25, 0.3) is 0 Å². The zero-order valence-electron chi connectivity index (χ0n) is 12.7.